The van der Waals surface area contributed by atoms with Crippen molar-refractivity contribution in [2.75, 3.05) is 6.61 Å². The van der Waals surface area contributed by atoms with Crippen molar-refractivity contribution in [2.45, 2.75) is 70.6 Å². The lowest BCUT2D eigenvalue weighted by Crippen LogP contribution is -2.43. The standard InChI is InChI=1S/C14H25NO/c1-4-7-12(6-3)15-13-9-10-16-14(11-13)8-5-2/h1,12-15H,5-11H2,2-3H3. The van der Waals surface area contributed by atoms with Crippen LogP contribution in [0.1, 0.15) is 52.4 Å². The number of ether oxygens (including phenoxy) is 1. The van der Waals surface area contributed by atoms with Crippen LogP contribution in [0.15, 0.2) is 0 Å². The summed E-state index contributed by atoms with van der Waals surface area (Å²) in [6.45, 7) is 5.31. The average Bonchev–Trinajstić information content (AvgIpc) is 2.29. The van der Waals surface area contributed by atoms with Crippen LogP contribution in [0.2, 0.25) is 0 Å². The smallest absolute Gasteiger partial charge is 0.0589 e. The molecule has 92 valence electrons. The Morgan fingerprint density at radius 3 is 2.94 bits per heavy atom. The van der Waals surface area contributed by atoms with E-state index in [-0.39, 0.29) is 0 Å². The fraction of sp³-hybridized carbons (Fsp3) is 0.857. The zero-order valence-corrected chi connectivity index (χ0v) is 10.7. The number of nitrogens with one attached hydrogen (secondary N) is 1. The van der Waals surface area contributed by atoms with Crippen molar-refractivity contribution in [3.05, 3.63) is 0 Å². The van der Waals surface area contributed by atoms with Crippen LogP contribution in [0.3, 0.4) is 0 Å². The average molecular weight is 223 g/mol. The van der Waals surface area contributed by atoms with Crippen molar-refractivity contribution < 1.29 is 4.74 Å². The molecule has 0 aromatic carbocycles. The quantitative estimate of drug-likeness (QED) is 0.699. The van der Waals surface area contributed by atoms with Gasteiger partial charge in [0.2, 0.25) is 0 Å². The largest absolute Gasteiger partial charge is 0.378 e. The second-order valence-corrected chi connectivity index (χ2v) is 4.68. The first-order valence-corrected chi connectivity index (χ1v) is 6.61. The third-order valence-corrected chi connectivity index (χ3v) is 3.31. The highest BCUT2D eigenvalue weighted by molar-refractivity contribution is 4.91. The molecular formula is C14H25NO. The van der Waals surface area contributed by atoms with E-state index in [0.717, 1.165) is 32.3 Å². The van der Waals surface area contributed by atoms with E-state index in [2.05, 4.69) is 25.1 Å². The van der Waals surface area contributed by atoms with Crippen LogP contribution < -0.4 is 5.32 Å². The first-order chi connectivity index (χ1) is 7.80. The number of terminal acetylenes is 1. The Balaban J connectivity index is 2.32. The summed E-state index contributed by atoms with van der Waals surface area (Å²) in [5.74, 6) is 2.75. The Morgan fingerprint density at radius 1 is 1.50 bits per heavy atom. The molecule has 16 heavy (non-hydrogen) atoms. The van der Waals surface area contributed by atoms with Crippen molar-refractivity contribution in [2.24, 2.45) is 0 Å². The molecule has 0 bridgehead atoms. The predicted octanol–water partition coefficient (Wildman–Crippen LogP) is 2.73. The van der Waals surface area contributed by atoms with E-state index in [1.165, 1.54) is 12.8 Å². The normalized spacial score (nSPS) is 27.3. The molecule has 0 aliphatic carbocycles. The molecule has 1 fully saturated rings. The summed E-state index contributed by atoms with van der Waals surface area (Å²) in [7, 11) is 0. The minimum absolute atomic E-state index is 0.458. The fourth-order valence-electron chi connectivity index (χ4n) is 2.35. The lowest BCUT2D eigenvalue weighted by Gasteiger charge is -2.32. The number of rotatable bonds is 6. The third kappa shape index (κ3) is 4.55. The van der Waals surface area contributed by atoms with Crippen molar-refractivity contribution >= 4 is 0 Å². The molecule has 0 amide bonds. The van der Waals surface area contributed by atoms with Gasteiger partial charge in [-0.05, 0) is 25.7 Å². The Hall–Kier alpha value is -0.520. The summed E-state index contributed by atoms with van der Waals surface area (Å²) in [5, 5.41) is 3.67. The molecule has 1 aliphatic heterocycles. The van der Waals surface area contributed by atoms with Gasteiger partial charge in [-0.25, -0.2) is 0 Å². The van der Waals surface area contributed by atoms with Crippen molar-refractivity contribution in [3.63, 3.8) is 0 Å². The van der Waals surface area contributed by atoms with Gasteiger partial charge in [0.15, 0.2) is 0 Å². The highest BCUT2D eigenvalue weighted by Crippen LogP contribution is 2.18. The summed E-state index contributed by atoms with van der Waals surface area (Å²) >= 11 is 0. The second-order valence-electron chi connectivity index (χ2n) is 4.68. The summed E-state index contributed by atoms with van der Waals surface area (Å²) in [5.41, 5.74) is 0. The highest BCUT2D eigenvalue weighted by Gasteiger charge is 2.23. The Kier molecular flexibility index (Phi) is 6.52. The van der Waals surface area contributed by atoms with E-state index < -0.39 is 0 Å². The lowest BCUT2D eigenvalue weighted by molar-refractivity contribution is -0.00498. The van der Waals surface area contributed by atoms with E-state index in [9.17, 15) is 0 Å². The number of hydrogen-bond acceptors (Lipinski definition) is 2. The van der Waals surface area contributed by atoms with Gasteiger partial charge in [0.05, 0.1) is 6.10 Å². The van der Waals surface area contributed by atoms with Crippen molar-refractivity contribution in [3.8, 4) is 12.3 Å². The monoisotopic (exact) mass is 223 g/mol. The molecule has 2 heteroatoms. The van der Waals surface area contributed by atoms with E-state index in [0.29, 0.717) is 18.2 Å². The molecule has 1 aliphatic rings. The van der Waals surface area contributed by atoms with Gasteiger partial charge in [-0.15, -0.1) is 12.3 Å². The van der Waals surface area contributed by atoms with Gasteiger partial charge in [-0.3, -0.25) is 0 Å². The minimum atomic E-state index is 0.458. The predicted molar refractivity (Wildman–Crippen MR) is 68.3 cm³/mol. The van der Waals surface area contributed by atoms with Gasteiger partial charge in [-0.1, -0.05) is 20.3 Å². The molecule has 3 unspecified atom stereocenters. The first-order valence-electron chi connectivity index (χ1n) is 6.61. The Bertz CT molecular complexity index is 219. The molecule has 3 atom stereocenters. The maximum absolute atomic E-state index is 5.74. The van der Waals surface area contributed by atoms with Gasteiger partial charge < -0.3 is 10.1 Å². The van der Waals surface area contributed by atoms with Gasteiger partial charge in [-0.2, -0.15) is 0 Å². The molecule has 1 heterocycles. The van der Waals surface area contributed by atoms with Crippen LogP contribution >= 0.6 is 0 Å². The Labute approximate surface area is 100 Å². The SMILES string of the molecule is C#CCC(CC)NC1CCOC(CCC)C1. The van der Waals surface area contributed by atoms with E-state index in [1.807, 2.05) is 0 Å². The van der Waals surface area contributed by atoms with Crippen LogP contribution in [0.25, 0.3) is 0 Å². The molecule has 1 rings (SSSR count). The van der Waals surface area contributed by atoms with Gasteiger partial charge in [0.25, 0.3) is 0 Å². The van der Waals surface area contributed by atoms with Crippen LogP contribution in [0.4, 0.5) is 0 Å². The molecule has 0 radical (unpaired) electrons. The zero-order valence-electron chi connectivity index (χ0n) is 10.7. The molecule has 0 aromatic rings. The summed E-state index contributed by atoms with van der Waals surface area (Å²) in [6.07, 6.45) is 12.4. The molecule has 0 aromatic heterocycles. The molecule has 0 spiro atoms. The highest BCUT2D eigenvalue weighted by atomic mass is 16.5. The molecule has 0 saturated carbocycles. The van der Waals surface area contributed by atoms with Crippen LogP contribution in [-0.4, -0.2) is 24.8 Å². The second kappa shape index (κ2) is 7.70. The summed E-state index contributed by atoms with van der Waals surface area (Å²) < 4.78 is 5.74. The van der Waals surface area contributed by atoms with Gasteiger partial charge >= 0.3 is 0 Å². The van der Waals surface area contributed by atoms with Crippen LogP contribution in [0, 0.1) is 12.3 Å². The van der Waals surface area contributed by atoms with Crippen LogP contribution in [0.5, 0.6) is 0 Å². The summed E-state index contributed by atoms with van der Waals surface area (Å²) in [4.78, 5) is 0. The van der Waals surface area contributed by atoms with Crippen LogP contribution in [-0.2, 0) is 4.74 Å². The van der Waals surface area contributed by atoms with E-state index in [4.69, 9.17) is 11.2 Å². The molecule has 1 saturated heterocycles. The molecular weight excluding hydrogens is 198 g/mol. The lowest BCUT2D eigenvalue weighted by atomic mass is 9.98. The maximum atomic E-state index is 5.74. The molecule has 2 nitrogen and oxygen atoms in total. The minimum Gasteiger partial charge on any atom is -0.378 e. The summed E-state index contributed by atoms with van der Waals surface area (Å²) in [6, 6.07) is 1.08. The van der Waals surface area contributed by atoms with Crippen molar-refractivity contribution in [1.82, 2.24) is 5.32 Å². The molecule has 1 N–H and O–H groups in total. The topological polar surface area (TPSA) is 21.3 Å². The van der Waals surface area contributed by atoms with Gasteiger partial charge in [0, 0.05) is 25.1 Å². The van der Waals surface area contributed by atoms with E-state index >= 15 is 0 Å². The van der Waals surface area contributed by atoms with Gasteiger partial charge in [0.1, 0.15) is 0 Å². The van der Waals surface area contributed by atoms with Crippen molar-refractivity contribution in [1.29, 1.82) is 0 Å². The first kappa shape index (κ1) is 13.5. The number of hydrogen-bond donors (Lipinski definition) is 1. The Morgan fingerprint density at radius 2 is 2.31 bits per heavy atom. The van der Waals surface area contributed by atoms with E-state index in [1.54, 1.807) is 0 Å². The third-order valence-electron chi connectivity index (χ3n) is 3.31. The zero-order chi connectivity index (χ0) is 11.8. The maximum Gasteiger partial charge on any atom is 0.0589 e. The fourth-order valence-corrected chi connectivity index (χ4v) is 2.35.